The number of rotatable bonds is 6. The zero-order valence-electron chi connectivity index (χ0n) is 11.0. The minimum atomic E-state index is -3.81. The Labute approximate surface area is 123 Å². The van der Waals surface area contributed by atoms with Crippen LogP contribution in [0.15, 0.2) is 23.1 Å². The Kier molecular flexibility index (Phi) is 4.36. The number of carbonyl (C=O) groups is 1. The van der Waals surface area contributed by atoms with Crippen molar-refractivity contribution in [3.05, 3.63) is 28.8 Å². The van der Waals surface area contributed by atoms with E-state index in [4.69, 9.17) is 16.7 Å². The number of halogens is 1. The van der Waals surface area contributed by atoms with Gasteiger partial charge in [0.2, 0.25) is 10.0 Å². The summed E-state index contributed by atoms with van der Waals surface area (Å²) in [6.07, 6.45) is 3.07. The van der Waals surface area contributed by atoms with Crippen molar-refractivity contribution < 1.29 is 18.3 Å². The van der Waals surface area contributed by atoms with E-state index in [0.29, 0.717) is 5.92 Å². The van der Waals surface area contributed by atoms with Crippen molar-refractivity contribution in [2.75, 3.05) is 0 Å². The molecule has 1 fully saturated rings. The van der Waals surface area contributed by atoms with Gasteiger partial charge >= 0.3 is 5.97 Å². The Balaban J connectivity index is 2.23. The molecule has 1 aromatic rings. The highest BCUT2D eigenvalue weighted by Crippen LogP contribution is 2.34. The molecule has 0 amide bonds. The molecule has 0 bridgehead atoms. The van der Waals surface area contributed by atoms with E-state index in [-0.39, 0.29) is 21.5 Å². The molecule has 1 saturated carbocycles. The minimum Gasteiger partial charge on any atom is -0.478 e. The summed E-state index contributed by atoms with van der Waals surface area (Å²) in [5.41, 5.74) is -0.107. The predicted octanol–water partition coefficient (Wildman–Crippen LogP) is 2.51. The van der Waals surface area contributed by atoms with E-state index in [2.05, 4.69) is 4.72 Å². The van der Waals surface area contributed by atoms with Crippen molar-refractivity contribution >= 4 is 27.6 Å². The summed E-state index contributed by atoms with van der Waals surface area (Å²) < 4.78 is 27.0. The van der Waals surface area contributed by atoms with Crippen LogP contribution in [0, 0.1) is 5.92 Å². The van der Waals surface area contributed by atoms with Crippen LogP contribution in [0.1, 0.15) is 36.5 Å². The second-order valence-electron chi connectivity index (χ2n) is 5.15. The van der Waals surface area contributed by atoms with Crippen LogP contribution in [0.25, 0.3) is 0 Å². The minimum absolute atomic E-state index is 0.0149. The molecule has 2 N–H and O–H groups in total. The third-order valence-corrected chi connectivity index (χ3v) is 5.28. The molecule has 0 saturated heterocycles. The van der Waals surface area contributed by atoms with Crippen molar-refractivity contribution in [1.29, 1.82) is 0 Å². The largest absolute Gasteiger partial charge is 0.478 e. The van der Waals surface area contributed by atoms with Crippen molar-refractivity contribution in [2.45, 2.75) is 37.1 Å². The molecule has 1 unspecified atom stereocenters. The average Bonchev–Trinajstić information content (AvgIpc) is 3.11. The van der Waals surface area contributed by atoms with Crippen LogP contribution in [0.4, 0.5) is 0 Å². The first-order valence-corrected chi connectivity index (χ1v) is 8.21. The van der Waals surface area contributed by atoms with Crippen LogP contribution in [0.2, 0.25) is 5.02 Å². The zero-order chi connectivity index (χ0) is 14.9. The summed E-state index contributed by atoms with van der Waals surface area (Å²) in [5.74, 6) is -0.599. The van der Waals surface area contributed by atoms with Crippen molar-refractivity contribution in [1.82, 2.24) is 4.72 Å². The third kappa shape index (κ3) is 3.71. The van der Waals surface area contributed by atoms with Gasteiger partial charge < -0.3 is 5.11 Å². The Morgan fingerprint density at radius 1 is 1.50 bits per heavy atom. The highest BCUT2D eigenvalue weighted by molar-refractivity contribution is 7.89. The monoisotopic (exact) mass is 317 g/mol. The quantitative estimate of drug-likeness (QED) is 0.844. The van der Waals surface area contributed by atoms with E-state index in [1.54, 1.807) is 6.92 Å². The molecule has 0 heterocycles. The molecule has 1 atom stereocenters. The fourth-order valence-corrected chi connectivity index (χ4v) is 3.85. The predicted molar refractivity (Wildman–Crippen MR) is 75.5 cm³/mol. The van der Waals surface area contributed by atoms with Gasteiger partial charge in [0.05, 0.1) is 10.6 Å². The number of carboxylic acids is 1. The number of benzene rings is 1. The second-order valence-corrected chi connectivity index (χ2v) is 7.24. The van der Waals surface area contributed by atoms with E-state index < -0.39 is 16.0 Å². The van der Waals surface area contributed by atoms with Gasteiger partial charge in [-0.1, -0.05) is 24.4 Å². The normalized spacial score (nSPS) is 16.9. The molecule has 0 aliphatic heterocycles. The van der Waals surface area contributed by atoms with Gasteiger partial charge in [-0.2, -0.15) is 0 Å². The van der Waals surface area contributed by atoms with E-state index in [1.807, 2.05) is 0 Å². The standard InChI is InChI=1S/C13H16ClNO4S/c1-8(6-9-2-3-9)15-20(18,19)12-7-10(13(16)17)4-5-11(12)14/h4-5,7-9,15H,2-3,6H2,1H3,(H,16,17). The van der Waals surface area contributed by atoms with Crippen LogP contribution in [0.5, 0.6) is 0 Å². The topological polar surface area (TPSA) is 83.5 Å². The Hall–Kier alpha value is -1.11. The van der Waals surface area contributed by atoms with E-state index in [0.717, 1.165) is 25.3 Å². The smallest absolute Gasteiger partial charge is 0.335 e. The molecule has 1 aliphatic rings. The molecule has 0 radical (unpaired) electrons. The molecule has 0 aromatic heterocycles. The van der Waals surface area contributed by atoms with Gasteiger partial charge in [0.15, 0.2) is 0 Å². The molecule has 1 aliphatic carbocycles. The van der Waals surface area contributed by atoms with E-state index in [9.17, 15) is 13.2 Å². The SMILES string of the molecule is CC(CC1CC1)NS(=O)(=O)c1cc(C(=O)O)ccc1Cl. The van der Waals surface area contributed by atoms with Crippen LogP contribution in [-0.4, -0.2) is 25.5 Å². The van der Waals surface area contributed by atoms with Crippen molar-refractivity contribution in [2.24, 2.45) is 5.92 Å². The van der Waals surface area contributed by atoms with Gasteiger partial charge in [-0.15, -0.1) is 0 Å². The zero-order valence-corrected chi connectivity index (χ0v) is 12.5. The second kappa shape index (κ2) is 5.71. The van der Waals surface area contributed by atoms with Crippen LogP contribution >= 0.6 is 11.6 Å². The summed E-state index contributed by atoms with van der Waals surface area (Å²) in [5, 5.41) is 8.93. The first-order chi connectivity index (χ1) is 9.29. The van der Waals surface area contributed by atoms with Gasteiger partial charge in [-0.25, -0.2) is 17.9 Å². The molecular weight excluding hydrogens is 302 g/mol. The number of hydrogen-bond donors (Lipinski definition) is 2. The summed E-state index contributed by atoms with van der Waals surface area (Å²) in [4.78, 5) is 10.7. The third-order valence-electron chi connectivity index (χ3n) is 3.21. The van der Waals surface area contributed by atoms with E-state index >= 15 is 0 Å². The van der Waals surface area contributed by atoms with E-state index in [1.165, 1.54) is 12.1 Å². The number of hydrogen-bond acceptors (Lipinski definition) is 3. The number of carboxylic acid groups (broad SMARTS) is 1. The maximum atomic E-state index is 12.3. The maximum Gasteiger partial charge on any atom is 0.335 e. The lowest BCUT2D eigenvalue weighted by Gasteiger charge is -2.15. The molecule has 5 nitrogen and oxygen atoms in total. The lowest BCUT2D eigenvalue weighted by atomic mass is 10.2. The fourth-order valence-electron chi connectivity index (χ4n) is 2.07. The van der Waals surface area contributed by atoms with Gasteiger partial charge in [0.1, 0.15) is 4.90 Å². The Morgan fingerprint density at radius 3 is 2.70 bits per heavy atom. The number of nitrogens with one attached hydrogen (secondary N) is 1. The molecule has 0 spiro atoms. The van der Waals surface area contributed by atoms with Crippen LogP contribution in [-0.2, 0) is 10.0 Å². The Morgan fingerprint density at radius 2 is 2.15 bits per heavy atom. The highest BCUT2D eigenvalue weighted by atomic mass is 35.5. The summed E-state index contributed by atoms with van der Waals surface area (Å²) in [7, 11) is -3.81. The molecule has 110 valence electrons. The summed E-state index contributed by atoms with van der Waals surface area (Å²) in [6.45, 7) is 1.80. The van der Waals surface area contributed by atoms with Gasteiger partial charge in [-0.3, -0.25) is 0 Å². The molecular formula is C13H16ClNO4S. The lowest BCUT2D eigenvalue weighted by molar-refractivity contribution is 0.0696. The Bertz CT molecular complexity index is 625. The van der Waals surface area contributed by atoms with Crippen molar-refractivity contribution in [3.63, 3.8) is 0 Å². The van der Waals surface area contributed by atoms with Crippen molar-refractivity contribution in [3.8, 4) is 0 Å². The maximum absolute atomic E-state index is 12.3. The van der Waals surface area contributed by atoms with Gasteiger partial charge in [0, 0.05) is 6.04 Å². The van der Waals surface area contributed by atoms with Crippen LogP contribution < -0.4 is 4.72 Å². The summed E-state index contributed by atoms with van der Waals surface area (Å²) in [6, 6.07) is 3.44. The molecule has 2 rings (SSSR count). The fraction of sp³-hybridized carbons (Fsp3) is 0.462. The number of sulfonamides is 1. The van der Waals surface area contributed by atoms with Gasteiger partial charge in [-0.05, 0) is 37.5 Å². The number of aromatic carboxylic acids is 1. The molecule has 20 heavy (non-hydrogen) atoms. The van der Waals surface area contributed by atoms with Gasteiger partial charge in [0.25, 0.3) is 0 Å². The first-order valence-electron chi connectivity index (χ1n) is 6.35. The molecule has 1 aromatic carbocycles. The average molecular weight is 318 g/mol. The summed E-state index contributed by atoms with van der Waals surface area (Å²) >= 11 is 5.87. The highest BCUT2D eigenvalue weighted by Gasteiger charge is 2.27. The molecule has 7 heteroatoms. The van der Waals surface area contributed by atoms with Crippen LogP contribution in [0.3, 0.4) is 0 Å². The first kappa shape index (κ1) is 15.3. The lowest BCUT2D eigenvalue weighted by Crippen LogP contribution is -2.33.